The Morgan fingerprint density at radius 2 is 1.79 bits per heavy atom. The molecule has 3 heteroatoms. The maximum Gasteiger partial charge on any atom is 0.0656 e. The maximum absolute atomic E-state index is 5.82. The highest BCUT2D eigenvalue weighted by atomic mass is 127. The van der Waals surface area contributed by atoms with E-state index in [1.807, 2.05) is 23.5 Å². The minimum absolute atomic E-state index is 0.800. The van der Waals surface area contributed by atoms with Gasteiger partial charge in [0.1, 0.15) is 0 Å². The first-order valence-electron chi connectivity index (χ1n) is 4.23. The zero-order valence-corrected chi connectivity index (χ0v) is 11.1. The summed E-state index contributed by atoms with van der Waals surface area (Å²) >= 11 is 10.0. The van der Waals surface area contributed by atoms with Crippen LogP contribution in [0.5, 0.6) is 0 Å². The Morgan fingerprint density at radius 3 is 2.36 bits per heavy atom. The molecule has 2 rings (SSSR count). The van der Waals surface area contributed by atoms with E-state index in [1.54, 1.807) is 0 Å². The van der Waals surface area contributed by atoms with Crippen LogP contribution in [0.3, 0.4) is 0 Å². The van der Waals surface area contributed by atoms with Gasteiger partial charge in [0.2, 0.25) is 0 Å². The highest BCUT2D eigenvalue weighted by molar-refractivity contribution is 14.1. The summed E-state index contributed by atoms with van der Waals surface area (Å²) in [7, 11) is 0. The third kappa shape index (κ3) is 2.72. The average Bonchev–Trinajstić information content (AvgIpc) is 2.56. The molecule has 14 heavy (non-hydrogen) atoms. The molecule has 0 atom stereocenters. The average molecular weight is 335 g/mol. The Hall–Kier alpha value is -0.0600. The fourth-order valence-corrected chi connectivity index (χ4v) is 3.17. The van der Waals surface area contributed by atoms with E-state index in [0.29, 0.717) is 0 Å². The lowest BCUT2D eigenvalue weighted by molar-refractivity contribution is 1.24. The number of benzene rings is 1. The summed E-state index contributed by atoms with van der Waals surface area (Å²) in [6.45, 7) is 0. The molecule has 0 spiro atoms. The Labute approximate surface area is 106 Å². The van der Waals surface area contributed by atoms with Gasteiger partial charge < -0.3 is 0 Å². The summed E-state index contributed by atoms with van der Waals surface area (Å²) in [4.78, 5) is 1.40. The Bertz CT molecular complexity index is 419. The Balaban J connectivity index is 2.15. The van der Waals surface area contributed by atoms with Crippen molar-refractivity contribution in [2.24, 2.45) is 0 Å². The van der Waals surface area contributed by atoms with Gasteiger partial charge in [0, 0.05) is 16.3 Å². The number of halogens is 2. The lowest BCUT2D eigenvalue weighted by Gasteiger charge is -1.98. The van der Waals surface area contributed by atoms with E-state index in [1.165, 1.54) is 13.3 Å². The lowest BCUT2D eigenvalue weighted by atomic mass is 10.1. The molecule has 0 aliphatic rings. The summed E-state index contributed by atoms with van der Waals surface area (Å²) in [6, 6.07) is 12.4. The first kappa shape index (κ1) is 10.5. The molecule has 0 unspecified atom stereocenters. The van der Waals surface area contributed by atoms with Gasteiger partial charge in [-0.15, -0.1) is 11.3 Å². The predicted octanol–water partition coefficient (Wildman–Crippen LogP) is 4.60. The Kier molecular flexibility index (Phi) is 3.47. The second kappa shape index (κ2) is 4.64. The van der Waals surface area contributed by atoms with Crippen molar-refractivity contribution in [3.8, 4) is 0 Å². The van der Waals surface area contributed by atoms with E-state index < -0.39 is 0 Å². The van der Waals surface area contributed by atoms with Crippen molar-refractivity contribution in [2.45, 2.75) is 6.42 Å². The van der Waals surface area contributed by atoms with Crippen LogP contribution in [0.15, 0.2) is 36.4 Å². The third-order valence-corrected chi connectivity index (χ3v) is 4.07. The topological polar surface area (TPSA) is 0 Å². The molecule has 1 aromatic heterocycles. The van der Waals surface area contributed by atoms with Crippen molar-refractivity contribution in [3.63, 3.8) is 0 Å². The minimum Gasteiger partial charge on any atom is -0.134 e. The summed E-state index contributed by atoms with van der Waals surface area (Å²) in [5.74, 6) is 0. The normalized spacial score (nSPS) is 10.4. The van der Waals surface area contributed by atoms with Crippen LogP contribution in [0.2, 0.25) is 5.02 Å². The third-order valence-electron chi connectivity index (χ3n) is 1.92. The quantitative estimate of drug-likeness (QED) is 0.704. The zero-order chi connectivity index (χ0) is 9.97. The molecule has 0 aliphatic heterocycles. The van der Waals surface area contributed by atoms with E-state index in [2.05, 4.69) is 46.9 Å². The standard InChI is InChI=1S/C11H8ClIS/c12-9-3-1-8(2-4-9)7-10-5-6-11(13)14-10/h1-6H,7H2. The molecule has 72 valence electrons. The highest BCUT2D eigenvalue weighted by Crippen LogP contribution is 2.21. The first-order chi connectivity index (χ1) is 6.74. The van der Waals surface area contributed by atoms with Crippen molar-refractivity contribution in [2.75, 3.05) is 0 Å². The van der Waals surface area contributed by atoms with Gasteiger partial charge in [-0.1, -0.05) is 23.7 Å². The molecule has 0 amide bonds. The van der Waals surface area contributed by atoms with Crippen LogP contribution < -0.4 is 0 Å². The van der Waals surface area contributed by atoms with E-state index in [4.69, 9.17) is 11.6 Å². The molecule has 0 radical (unpaired) electrons. The molecule has 0 aliphatic carbocycles. The smallest absolute Gasteiger partial charge is 0.0656 e. The SMILES string of the molecule is Clc1ccc(Cc2ccc(I)s2)cc1. The first-order valence-corrected chi connectivity index (χ1v) is 6.50. The van der Waals surface area contributed by atoms with Crippen molar-refractivity contribution < 1.29 is 0 Å². The van der Waals surface area contributed by atoms with Gasteiger partial charge in [0.05, 0.1) is 2.88 Å². The predicted molar refractivity (Wildman–Crippen MR) is 71.3 cm³/mol. The summed E-state index contributed by atoms with van der Waals surface area (Å²) in [6.07, 6.45) is 1.00. The Morgan fingerprint density at radius 1 is 1.07 bits per heavy atom. The molecule has 0 bridgehead atoms. The molecule has 2 aromatic rings. The molecule has 0 fully saturated rings. The van der Waals surface area contributed by atoms with Gasteiger partial charge in [-0.25, -0.2) is 0 Å². The van der Waals surface area contributed by atoms with Gasteiger partial charge in [-0.05, 0) is 52.4 Å². The molecule has 0 N–H and O–H groups in total. The fourth-order valence-electron chi connectivity index (χ4n) is 1.25. The number of hydrogen-bond donors (Lipinski definition) is 0. The van der Waals surface area contributed by atoms with Crippen molar-refractivity contribution in [1.82, 2.24) is 0 Å². The van der Waals surface area contributed by atoms with Gasteiger partial charge >= 0.3 is 0 Å². The van der Waals surface area contributed by atoms with Crippen molar-refractivity contribution >= 4 is 45.5 Å². The van der Waals surface area contributed by atoms with Crippen LogP contribution in [0.1, 0.15) is 10.4 Å². The molecule has 0 saturated carbocycles. The molecule has 1 heterocycles. The van der Waals surface area contributed by atoms with E-state index in [0.717, 1.165) is 11.4 Å². The monoisotopic (exact) mass is 334 g/mol. The van der Waals surface area contributed by atoms with Gasteiger partial charge in [0.25, 0.3) is 0 Å². The lowest BCUT2D eigenvalue weighted by Crippen LogP contribution is -1.82. The largest absolute Gasteiger partial charge is 0.134 e. The highest BCUT2D eigenvalue weighted by Gasteiger charge is 1.99. The van der Waals surface area contributed by atoms with Gasteiger partial charge in [-0.3, -0.25) is 0 Å². The summed E-state index contributed by atoms with van der Waals surface area (Å²) < 4.78 is 1.34. The number of hydrogen-bond acceptors (Lipinski definition) is 1. The van der Waals surface area contributed by atoms with Crippen LogP contribution in [-0.4, -0.2) is 0 Å². The molecular weight excluding hydrogens is 327 g/mol. The van der Waals surface area contributed by atoms with Crippen molar-refractivity contribution in [1.29, 1.82) is 0 Å². The van der Waals surface area contributed by atoms with Gasteiger partial charge in [-0.2, -0.15) is 0 Å². The summed E-state index contributed by atoms with van der Waals surface area (Å²) in [5.41, 5.74) is 1.31. The molecule has 0 saturated heterocycles. The zero-order valence-electron chi connectivity index (χ0n) is 7.34. The van der Waals surface area contributed by atoms with Crippen LogP contribution in [0.4, 0.5) is 0 Å². The van der Waals surface area contributed by atoms with Crippen LogP contribution >= 0.6 is 45.5 Å². The number of thiophene rings is 1. The van der Waals surface area contributed by atoms with Crippen LogP contribution in [0.25, 0.3) is 0 Å². The molecular formula is C11H8ClIS. The molecule has 0 nitrogen and oxygen atoms in total. The van der Waals surface area contributed by atoms with Crippen LogP contribution in [-0.2, 0) is 6.42 Å². The van der Waals surface area contributed by atoms with E-state index in [9.17, 15) is 0 Å². The number of rotatable bonds is 2. The maximum atomic E-state index is 5.82. The second-order valence-corrected chi connectivity index (χ2v) is 6.51. The second-order valence-electron chi connectivity index (χ2n) is 3.01. The minimum atomic E-state index is 0.800. The van der Waals surface area contributed by atoms with Crippen LogP contribution in [0, 0.1) is 2.88 Å². The van der Waals surface area contributed by atoms with E-state index >= 15 is 0 Å². The summed E-state index contributed by atoms with van der Waals surface area (Å²) in [5, 5.41) is 0.800. The van der Waals surface area contributed by atoms with E-state index in [-0.39, 0.29) is 0 Å². The fraction of sp³-hybridized carbons (Fsp3) is 0.0909. The molecule has 1 aromatic carbocycles. The van der Waals surface area contributed by atoms with Crippen molar-refractivity contribution in [3.05, 3.63) is 54.7 Å². The van der Waals surface area contributed by atoms with Gasteiger partial charge in [0.15, 0.2) is 0 Å².